The van der Waals surface area contributed by atoms with Gasteiger partial charge in [-0.25, -0.2) is 0 Å². The van der Waals surface area contributed by atoms with Gasteiger partial charge in [0.25, 0.3) is 0 Å². The van der Waals surface area contributed by atoms with E-state index in [1.807, 2.05) is 29.5 Å². The summed E-state index contributed by atoms with van der Waals surface area (Å²) in [4.78, 5) is 10.8. The maximum absolute atomic E-state index is 10.8. The van der Waals surface area contributed by atoms with Gasteiger partial charge in [-0.15, -0.1) is 11.8 Å². The molecule has 0 aromatic carbocycles. The van der Waals surface area contributed by atoms with E-state index in [0.29, 0.717) is 17.0 Å². The molecule has 0 aromatic heterocycles. The van der Waals surface area contributed by atoms with Crippen LogP contribution in [0.1, 0.15) is 6.92 Å². The number of thioether (sulfide) groups is 1. The smallest absolute Gasteiger partial charge is 0.316 e. The van der Waals surface area contributed by atoms with Gasteiger partial charge in [0, 0.05) is 12.4 Å². The number of rotatable bonds is 7. The summed E-state index contributed by atoms with van der Waals surface area (Å²) < 4.78 is 10.3. The minimum Gasteiger partial charge on any atom is -0.454 e. The predicted molar refractivity (Wildman–Crippen MR) is 58.8 cm³/mol. The molecule has 0 spiro atoms. The molecule has 0 bridgehead atoms. The van der Waals surface area contributed by atoms with E-state index in [9.17, 15) is 4.79 Å². The molecule has 12 heavy (non-hydrogen) atoms. The van der Waals surface area contributed by atoms with Crippen molar-refractivity contribution >= 4 is 40.3 Å². The summed E-state index contributed by atoms with van der Waals surface area (Å²) in [5.41, 5.74) is 0. The molecule has 0 aromatic rings. The van der Waals surface area contributed by atoms with E-state index in [0.717, 1.165) is 12.4 Å². The highest BCUT2D eigenvalue weighted by molar-refractivity contribution is 14.1. The first kappa shape index (κ1) is 12.5. The molecular weight excluding hydrogens is 291 g/mol. The number of ether oxygens (including phenoxy) is 2. The predicted octanol–water partition coefficient (Wildman–Crippen LogP) is 1.69. The summed E-state index contributed by atoms with van der Waals surface area (Å²) in [6.45, 7) is 3.40. The second-order valence-corrected chi connectivity index (χ2v) is 3.60. The fourth-order valence-corrected chi connectivity index (χ4v) is 1.50. The van der Waals surface area contributed by atoms with Crippen molar-refractivity contribution in [3.8, 4) is 0 Å². The van der Waals surface area contributed by atoms with Gasteiger partial charge in [0.2, 0.25) is 0 Å². The standard InChI is InChI=1S/C7H13IO3S/c1-2-10-3-4-12-5-7(9)11-6-8/h2-6H2,1H3. The van der Waals surface area contributed by atoms with Gasteiger partial charge < -0.3 is 9.47 Å². The minimum absolute atomic E-state index is 0.147. The molecule has 0 saturated heterocycles. The molecule has 0 aliphatic heterocycles. The van der Waals surface area contributed by atoms with Crippen LogP contribution in [0.3, 0.4) is 0 Å². The van der Waals surface area contributed by atoms with Crippen molar-refractivity contribution < 1.29 is 14.3 Å². The maximum atomic E-state index is 10.8. The van der Waals surface area contributed by atoms with Crippen molar-refractivity contribution in [1.82, 2.24) is 0 Å². The Hall–Kier alpha value is 0.510. The third-order valence-electron chi connectivity index (χ3n) is 1.01. The fraction of sp³-hybridized carbons (Fsp3) is 0.857. The molecule has 0 N–H and O–H groups in total. The molecule has 0 fully saturated rings. The van der Waals surface area contributed by atoms with Gasteiger partial charge in [0.05, 0.1) is 12.4 Å². The third-order valence-corrected chi connectivity index (χ3v) is 2.22. The Morgan fingerprint density at radius 1 is 1.58 bits per heavy atom. The normalized spacial score (nSPS) is 9.83. The van der Waals surface area contributed by atoms with E-state index in [-0.39, 0.29) is 5.97 Å². The largest absolute Gasteiger partial charge is 0.454 e. The Morgan fingerprint density at radius 3 is 2.92 bits per heavy atom. The molecule has 3 nitrogen and oxygen atoms in total. The van der Waals surface area contributed by atoms with Gasteiger partial charge in [-0.1, -0.05) is 0 Å². The van der Waals surface area contributed by atoms with Gasteiger partial charge in [-0.2, -0.15) is 0 Å². The van der Waals surface area contributed by atoms with E-state index < -0.39 is 0 Å². The Kier molecular flexibility index (Phi) is 10.0. The van der Waals surface area contributed by atoms with Crippen LogP contribution in [0.25, 0.3) is 0 Å². The number of hydrogen-bond donors (Lipinski definition) is 0. The van der Waals surface area contributed by atoms with Crippen LogP contribution in [0.2, 0.25) is 0 Å². The monoisotopic (exact) mass is 304 g/mol. The average molecular weight is 304 g/mol. The topological polar surface area (TPSA) is 35.5 Å². The average Bonchev–Trinajstić information content (AvgIpc) is 2.05. The van der Waals surface area contributed by atoms with Gasteiger partial charge in [-0.3, -0.25) is 4.79 Å². The lowest BCUT2D eigenvalue weighted by Gasteiger charge is -2.01. The van der Waals surface area contributed by atoms with E-state index >= 15 is 0 Å². The lowest BCUT2D eigenvalue weighted by atomic mass is 10.8. The minimum atomic E-state index is -0.147. The highest BCUT2D eigenvalue weighted by Crippen LogP contribution is 2.01. The Labute approximate surface area is 90.7 Å². The van der Waals surface area contributed by atoms with Gasteiger partial charge in [-0.05, 0) is 29.5 Å². The van der Waals surface area contributed by atoms with Crippen molar-refractivity contribution in [2.24, 2.45) is 0 Å². The van der Waals surface area contributed by atoms with Crippen LogP contribution in [-0.4, -0.2) is 35.3 Å². The summed E-state index contributed by atoms with van der Waals surface area (Å²) in [5.74, 6) is 1.13. The molecule has 0 atom stereocenters. The number of alkyl halides is 1. The molecule has 0 saturated carbocycles. The second kappa shape index (κ2) is 9.60. The molecule has 0 amide bonds. The Bertz CT molecular complexity index is 121. The first-order valence-electron chi connectivity index (χ1n) is 3.68. The summed E-state index contributed by atoms with van der Waals surface area (Å²) >= 11 is 3.54. The number of hydrogen-bond acceptors (Lipinski definition) is 4. The van der Waals surface area contributed by atoms with Crippen molar-refractivity contribution in [3.63, 3.8) is 0 Å². The van der Waals surface area contributed by atoms with E-state index in [4.69, 9.17) is 9.47 Å². The number of carbonyl (C=O) groups is 1. The summed E-state index contributed by atoms with van der Waals surface area (Å²) in [5, 5.41) is 0. The van der Waals surface area contributed by atoms with Crippen LogP contribution in [0.4, 0.5) is 0 Å². The fourth-order valence-electron chi connectivity index (χ4n) is 0.520. The highest BCUT2D eigenvalue weighted by atomic mass is 127. The number of halogens is 1. The van der Waals surface area contributed by atoms with Gasteiger partial charge >= 0.3 is 5.97 Å². The molecule has 0 heterocycles. The van der Waals surface area contributed by atoms with E-state index in [1.165, 1.54) is 11.8 Å². The zero-order chi connectivity index (χ0) is 9.23. The van der Waals surface area contributed by atoms with Crippen molar-refractivity contribution in [2.45, 2.75) is 6.92 Å². The highest BCUT2D eigenvalue weighted by Gasteiger charge is 2.00. The van der Waals surface area contributed by atoms with Crippen LogP contribution >= 0.6 is 34.4 Å². The zero-order valence-corrected chi connectivity index (χ0v) is 10.0. The zero-order valence-electron chi connectivity index (χ0n) is 7.05. The molecule has 5 heteroatoms. The van der Waals surface area contributed by atoms with Crippen LogP contribution in [0, 0.1) is 0 Å². The first-order chi connectivity index (χ1) is 5.81. The SMILES string of the molecule is CCOCCSCC(=O)OCI. The van der Waals surface area contributed by atoms with E-state index in [1.54, 1.807) is 0 Å². The van der Waals surface area contributed by atoms with E-state index in [2.05, 4.69) is 0 Å². The van der Waals surface area contributed by atoms with Crippen molar-refractivity contribution in [2.75, 3.05) is 29.3 Å². The maximum Gasteiger partial charge on any atom is 0.316 e. The molecular formula is C7H13IO3S. The summed E-state index contributed by atoms with van der Waals surface area (Å²) in [7, 11) is 0. The Morgan fingerprint density at radius 2 is 2.33 bits per heavy atom. The van der Waals surface area contributed by atoms with Crippen LogP contribution < -0.4 is 0 Å². The van der Waals surface area contributed by atoms with Crippen molar-refractivity contribution in [1.29, 1.82) is 0 Å². The van der Waals surface area contributed by atoms with Gasteiger partial charge in [0.1, 0.15) is 4.61 Å². The van der Waals surface area contributed by atoms with Crippen LogP contribution in [0.5, 0.6) is 0 Å². The lowest BCUT2D eigenvalue weighted by molar-refractivity contribution is -0.137. The van der Waals surface area contributed by atoms with Crippen LogP contribution in [-0.2, 0) is 14.3 Å². The first-order valence-corrected chi connectivity index (χ1v) is 6.36. The third kappa shape index (κ3) is 8.61. The Balaban J connectivity index is 3.03. The number of carbonyl (C=O) groups excluding carboxylic acids is 1. The summed E-state index contributed by atoms with van der Waals surface area (Å²) in [6, 6.07) is 0. The van der Waals surface area contributed by atoms with Crippen LogP contribution in [0.15, 0.2) is 0 Å². The molecule has 0 radical (unpaired) electrons. The molecule has 0 aliphatic carbocycles. The lowest BCUT2D eigenvalue weighted by Crippen LogP contribution is -2.07. The summed E-state index contributed by atoms with van der Waals surface area (Å²) in [6.07, 6.45) is 0. The number of esters is 1. The molecule has 0 unspecified atom stereocenters. The quantitative estimate of drug-likeness (QED) is 0.310. The van der Waals surface area contributed by atoms with Crippen molar-refractivity contribution in [3.05, 3.63) is 0 Å². The van der Waals surface area contributed by atoms with Gasteiger partial charge in [0.15, 0.2) is 0 Å². The molecule has 0 aliphatic rings. The molecule has 0 rings (SSSR count). The molecule has 72 valence electrons. The second-order valence-electron chi connectivity index (χ2n) is 1.87.